The van der Waals surface area contributed by atoms with Gasteiger partial charge in [-0.05, 0) is 44.4 Å². The van der Waals surface area contributed by atoms with Crippen LogP contribution in [0.3, 0.4) is 0 Å². The van der Waals surface area contributed by atoms with Crippen molar-refractivity contribution < 1.29 is 4.79 Å². The summed E-state index contributed by atoms with van der Waals surface area (Å²) in [6, 6.07) is 7.87. The molecule has 1 amide bonds. The number of amides is 1. The lowest BCUT2D eigenvalue weighted by molar-refractivity contribution is 0.0939. The van der Waals surface area contributed by atoms with Gasteiger partial charge in [-0.3, -0.25) is 4.79 Å². The smallest absolute Gasteiger partial charge is 0.251 e. The van der Waals surface area contributed by atoms with Gasteiger partial charge in [0.25, 0.3) is 5.91 Å². The maximum absolute atomic E-state index is 12.2. The van der Waals surface area contributed by atoms with Gasteiger partial charge in [0, 0.05) is 24.7 Å². The maximum Gasteiger partial charge on any atom is 0.251 e. The SMILES string of the molecule is CCCCCNC(=NCc1cccc(C(=O)NC(C)CC)c1)NCC.I. The average Bonchev–Trinajstić information content (AvgIpc) is 2.63. The summed E-state index contributed by atoms with van der Waals surface area (Å²) in [7, 11) is 0. The molecule has 0 saturated carbocycles. The summed E-state index contributed by atoms with van der Waals surface area (Å²) in [5.41, 5.74) is 1.72. The zero-order valence-corrected chi connectivity index (χ0v) is 18.9. The Bertz CT molecular complexity index is 548. The molecular weight excluding hydrogens is 439 g/mol. The van der Waals surface area contributed by atoms with Crippen molar-refractivity contribution in [3.8, 4) is 0 Å². The molecule has 1 atom stereocenters. The normalized spacial score (nSPS) is 12.1. The summed E-state index contributed by atoms with van der Waals surface area (Å²) in [6.45, 7) is 10.6. The van der Waals surface area contributed by atoms with Gasteiger partial charge in [-0.1, -0.05) is 38.8 Å². The van der Waals surface area contributed by atoms with Crippen LogP contribution in [0.2, 0.25) is 0 Å². The average molecular weight is 474 g/mol. The van der Waals surface area contributed by atoms with Crippen LogP contribution in [0.4, 0.5) is 0 Å². The zero-order valence-electron chi connectivity index (χ0n) is 16.6. The molecule has 0 spiro atoms. The van der Waals surface area contributed by atoms with Crippen molar-refractivity contribution >= 4 is 35.8 Å². The number of nitrogens with zero attached hydrogens (tertiary/aromatic N) is 1. The standard InChI is InChI=1S/C20H34N4O.HI/c1-5-8-9-13-22-20(21-7-3)23-15-17-11-10-12-18(14-17)19(25)24-16(4)6-2;/h10-12,14,16H,5-9,13,15H2,1-4H3,(H,24,25)(H2,21,22,23);1H. The first-order valence-corrected chi connectivity index (χ1v) is 9.52. The van der Waals surface area contributed by atoms with Crippen molar-refractivity contribution in [2.24, 2.45) is 4.99 Å². The molecule has 6 heteroatoms. The van der Waals surface area contributed by atoms with Crippen molar-refractivity contribution in [2.75, 3.05) is 13.1 Å². The topological polar surface area (TPSA) is 65.5 Å². The largest absolute Gasteiger partial charge is 0.357 e. The van der Waals surface area contributed by atoms with Crippen molar-refractivity contribution in [3.63, 3.8) is 0 Å². The van der Waals surface area contributed by atoms with Crippen LogP contribution >= 0.6 is 24.0 Å². The fourth-order valence-corrected chi connectivity index (χ4v) is 2.31. The lowest BCUT2D eigenvalue weighted by atomic mass is 10.1. The molecule has 148 valence electrons. The molecule has 1 aromatic carbocycles. The Labute approximate surface area is 175 Å². The molecule has 1 unspecified atom stereocenters. The number of carbonyl (C=O) groups is 1. The van der Waals surface area contributed by atoms with E-state index >= 15 is 0 Å². The summed E-state index contributed by atoms with van der Waals surface area (Å²) < 4.78 is 0. The van der Waals surface area contributed by atoms with Crippen LogP contribution < -0.4 is 16.0 Å². The Morgan fingerprint density at radius 2 is 1.92 bits per heavy atom. The van der Waals surface area contributed by atoms with Crippen LogP contribution in [0, 0.1) is 0 Å². The van der Waals surface area contributed by atoms with E-state index in [0.29, 0.717) is 12.1 Å². The highest BCUT2D eigenvalue weighted by Crippen LogP contribution is 2.07. The van der Waals surface area contributed by atoms with Crippen LogP contribution in [-0.4, -0.2) is 31.0 Å². The molecule has 1 rings (SSSR count). The minimum Gasteiger partial charge on any atom is -0.357 e. The molecule has 0 saturated heterocycles. The second-order valence-electron chi connectivity index (χ2n) is 6.31. The van der Waals surface area contributed by atoms with Gasteiger partial charge in [0.2, 0.25) is 0 Å². The molecule has 5 nitrogen and oxygen atoms in total. The third-order valence-corrected chi connectivity index (χ3v) is 4.02. The fourth-order valence-electron chi connectivity index (χ4n) is 2.31. The Balaban J connectivity index is 0.00000625. The second-order valence-corrected chi connectivity index (χ2v) is 6.31. The summed E-state index contributed by atoms with van der Waals surface area (Å²) in [6.07, 6.45) is 4.50. The van der Waals surface area contributed by atoms with Gasteiger partial charge in [-0.25, -0.2) is 4.99 Å². The Morgan fingerprint density at radius 1 is 1.15 bits per heavy atom. The van der Waals surface area contributed by atoms with Crippen LogP contribution in [0.1, 0.15) is 69.3 Å². The van der Waals surface area contributed by atoms with Gasteiger partial charge in [0.05, 0.1) is 6.54 Å². The number of unbranched alkanes of at least 4 members (excludes halogenated alkanes) is 2. The first kappa shape index (κ1) is 24.7. The lowest BCUT2D eigenvalue weighted by Gasteiger charge is -2.12. The highest BCUT2D eigenvalue weighted by molar-refractivity contribution is 14.0. The van der Waals surface area contributed by atoms with E-state index in [1.54, 1.807) is 0 Å². The lowest BCUT2D eigenvalue weighted by Crippen LogP contribution is -2.37. The number of rotatable bonds is 10. The van der Waals surface area contributed by atoms with Gasteiger partial charge in [-0.15, -0.1) is 24.0 Å². The number of aliphatic imine (C=N–C) groups is 1. The third kappa shape index (κ3) is 9.99. The first-order chi connectivity index (χ1) is 12.1. The zero-order chi connectivity index (χ0) is 18.5. The quantitative estimate of drug-likeness (QED) is 0.207. The van der Waals surface area contributed by atoms with Crippen LogP contribution in [-0.2, 0) is 6.54 Å². The van der Waals surface area contributed by atoms with Crippen LogP contribution in [0.5, 0.6) is 0 Å². The fraction of sp³-hybridized carbons (Fsp3) is 0.600. The number of hydrogen-bond acceptors (Lipinski definition) is 2. The number of benzene rings is 1. The summed E-state index contributed by atoms with van der Waals surface area (Å²) in [5.74, 6) is 0.804. The van der Waals surface area contributed by atoms with Crippen LogP contribution in [0.25, 0.3) is 0 Å². The summed E-state index contributed by atoms with van der Waals surface area (Å²) >= 11 is 0. The van der Waals surface area contributed by atoms with E-state index in [-0.39, 0.29) is 35.9 Å². The van der Waals surface area contributed by atoms with Gasteiger partial charge in [0.1, 0.15) is 0 Å². The number of carbonyl (C=O) groups excluding carboxylic acids is 1. The third-order valence-electron chi connectivity index (χ3n) is 4.02. The molecule has 1 aromatic rings. The number of nitrogens with one attached hydrogen (secondary N) is 3. The van der Waals surface area contributed by atoms with Gasteiger partial charge >= 0.3 is 0 Å². The van der Waals surface area contributed by atoms with Gasteiger partial charge in [0.15, 0.2) is 5.96 Å². The van der Waals surface area contributed by atoms with Gasteiger partial charge in [-0.2, -0.15) is 0 Å². The number of halogens is 1. The molecule has 3 N–H and O–H groups in total. The molecule has 0 fully saturated rings. The Hall–Kier alpha value is -1.31. The van der Waals surface area contributed by atoms with E-state index in [0.717, 1.165) is 37.5 Å². The molecule has 0 heterocycles. The highest BCUT2D eigenvalue weighted by Gasteiger charge is 2.08. The predicted molar refractivity (Wildman–Crippen MR) is 121 cm³/mol. The van der Waals surface area contributed by atoms with E-state index in [4.69, 9.17) is 0 Å². The Kier molecular flexibility index (Phi) is 14.1. The highest BCUT2D eigenvalue weighted by atomic mass is 127. The predicted octanol–water partition coefficient (Wildman–Crippen LogP) is 4.08. The van der Waals surface area contributed by atoms with Crippen molar-refractivity contribution in [2.45, 2.75) is 66.0 Å². The minimum absolute atomic E-state index is 0. The monoisotopic (exact) mass is 474 g/mol. The van der Waals surface area contributed by atoms with E-state index < -0.39 is 0 Å². The van der Waals surface area contributed by atoms with Crippen molar-refractivity contribution in [3.05, 3.63) is 35.4 Å². The molecule has 0 radical (unpaired) electrons. The number of hydrogen-bond donors (Lipinski definition) is 3. The van der Waals surface area contributed by atoms with E-state index in [2.05, 4.69) is 41.7 Å². The molecule has 26 heavy (non-hydrogen) atoms. The molecule has 0 bridgehead atoms. The molecule has 0 aliphatic rings. The molecule has 0 aliphatic heterocycles. The van der Waals surface area contributed by atoms with Crippen LogP contribution in [0.15, 0.2) is 29.3 Å². The number of guanidine groups is 1. The molecule has 0 aromatic heterocycles. The Morgan fingerprint density at radius 3 is 2.58 bits per heavy atom. The van der Waals surface area contributed by atoms with E-state index in [1.807, 2.05) is 31.2 Å². The van der Waals surface area contributed by atoms with Crippen molar-refractivity contribution in [1.82, 2.24) is 16.0 Å². The van der Waals surface area contributed by atoms with E-state index in [1.165, 1.54) is 12.8 Å². The maximum atomic E-state index is 12.2. The minimum atomic E-state index is -0.0234. The summed E-state index contributed by atoms with van der Waals surface area (Å²) in [5, 5.41) is 9.62. The summed E-state index contributed by atoms with van der Waals surface area (Å²) in [4.78, 5) is 16.9. The molecular formula is C20H35IN4O. The van der Waals surface area contributed by atoms with Crippen molar-refractivity contribution in [1.29, 1.82) is 0 Å². The molecule has 0 aliphatic carbocycles. The second kappa shape index (κ2) is 14.8. The van der Waals surface area contributed by atoms with E-state index in [9.17, 15) is 4.79 Å². The van der Waals surface area contributed by atoms with Gasteiger partial charge < -0.3 is 16.0 Å². The first-order valence-electron chi connectivity index (χ1n) is 9.52.